The van der Waals surface area contributed by atoms with Crippen LogP contribution in [0.3, 0.4) is 0 Å². The lowest BCUT2D eigenvalue weighted by molar-refractivity contribution is 0.908. The van der Waals surface area contributed by atoms with Gasteiger partial charge in [-0.2, -0.15) is 0 Å². The zero-order valence-corrected chi connectivity index (χ0v) is 22.3. The van der Waals surface area contributed by atoms with E-state index in [9.17, 15) is 5.48 Å². The fourth-order valence-corrected chi connectivity index (χ4v) is 5.95. The van der Waals surface area contributed by atoms with Crippen LogP contribution in [0.2, 0.25) is 0 Å². The molecule has 1 aromatic heterocycles. The van der Waals surface area contributed by atoms with Crippen molar-refractivity contribution >= 4 is 43.4 Å². The highest BCUT2D eigenvalue weighted by Gasteiger charge is 2.18. The highest BCUT2D eigenvalue weighted by atomic mass is 15.1. The van der Waals surface area contributed by atoms with E-state index in [4.69, 9.17) is 10.5 Å². The van der Waals surface area contributed by atoms with Crippen LogP contribution in [0.4, 0.5) is 0 Å². The molecule has 0 atom stereocenters. The van der Waals surface area contributed by atoms with Gasteiger partial charge in [0.05, 0.1) is 22.0 Å². The van der Waals surface area contributed by atoms with E-state index in [2.05, 4.69) is 4.57 Å². The summed E-state index contributed by atoms with van der Waals surface area (Å²) in [5, 5.41) is 2.63. The van der Waals surface area contributed by atoms with Crippen molar-refractivity contribution in [2.75, 3.05) is 0 Å². The molecule has 0 spiro atoms. The third kappa shape index (κ3) is 3.76. The van der Waals surface area contributed by atoms with Gasteiger partial charge in [0, 0.05) is 12.1 Å². The molecule has 8 rings (SSSR count). The van der Waals surface area contributed by atoms with Gasteiger partial charge in [0.1, 0.15) is 5.82 Å². The SMILES string of the molecule is [2H]c1c([2H])c([2H])c2c(-c3ccc4ccccc4c3)c3c([2H])c([2H])c([2H])c([2H])c3c(-c3cccc(-n4c(CC)nc5ccccc54)c3)c2c1[2H]. The van der Waals surface area contributed by atoms with Gasteiger partial charge in [-0.3, -0.25) is 4.57 Å². The van der Waals surface area contributed by atoms with Crippen LogP contribution < -0.4 is 0 Å². The molecule has 0 N–H and O–H groups in total. The molecule has 8 aromatic rings. The van der Waals surface area contributed by atoms with Gasteiger partial charge in [0.25, 0.3) is 0 Å². The van der Waals surface area contributed by atoms with E-state index >= 15 is 0 Å². The second-order valence-electron chi connectivity index (χ2n) is 10.1. The van der Waals surface area contributed by atoms with E-state index < -0.39 is 24.2 Å². The molecule has 2 heteroatoms. The number of imidazole rings is 1. The Morgan fingerprint density at radius 3 is 1.90 bits per heavy atom. The summed E-state index contributed by atoms with van der Waals surface area (Å²) in [6.07, 6.45) is 0.659. The van der Waals surface area contributed by atoms with Crippen molar-refractivity contribution in [3.63, 3.8) is 0 Å². The molecule has 0 aliphatic carbocycles. The Bertz CT molecular complexity index is 2620. The molecule has 7 aromatic carbocycles. The van der Waals surface area contributed by atoms with Gasteiger partial charge in [-0.15, -0.1) is 0 Å². The molecule has 0 amide bonds. The lowest BCUT2D eigenvalue weighted by atomic mass is 9.85. The van der Waals surface area contributed by atoms with Crippen LogP contribution in [-0.4, -0.2) is 9.55 Å². The molecular formula is C39H28N2. The van der Waals surface area contributed by atoms with Gasteiger partial charge in [-0.05, 0) is 84.9 Å². The molecule has 0 aliphatic rings. The third-order valence-electron chi connectivity index (χ3n) is 7.75. The van der Waals surface area contributed by atoms with Crippen LogP contribution in [0.15, 0.2) is 139 Å². The Kier molecular flexibility index (Phi) is 3.88. The number of hydrogen-bond donors (Lipinski definition) is 0. The maximum atomic E-state index is 9.27. The van der Waals surface area contributed by atoms with E-state index in [1.165, 1.54) is 0 Å². The van der Waals surface area contributed by atoms with Crippen molar-refractivity contribution < 1.29 is 11.0 Å². The Balaban J connectivity index is 1.59. The second-order valence-corrected chi connectivity index (χ2v) is 10.1. The number of rotatable bonds is 4. The summed E-state index contributed by atoms with van der Waals surface area (Å²) in [6, 6.07) is 25.9. The number of aromatic nitrogens is 2. The first-order chi connectivity index (χ1) is 23.6. The highest BCUT2D eigenvalue weighted by Crippen LogP contribution is 2.44. The van der Waals surface area contributed by atoms with Crippen molar-refractivity contribution in [1.82, 2.24) is 9.55 Å². The number of benzene rings is 7. The Labute approximate surface area is 250 Å². The smallest absolute Gasteiger partial charge is 0.114 e. The average molecular weight is 533 g/mol. The summed E-state index contributed by atoms with van der Waals surface area (Å²) in [5.74, 6) is 0.837. The minimum Gasteiger partial charge on any atom is -0.296 e. The summed E-state index contributed by atoms with van der Waals surface area (Å²) in [4.78, 5) is 4.83. The van der Waals surface area contributed by atoms with E-state index in [0.29, 0.717) is 28.7 Å². The fraction of sp³-hybridized carbons (Fsp3) is 0.0513. The van der Waals surface area contributed by atoms with Gasteiger partial charge >= 0.3 is 0 Å². The van der Waals surface area contributed by atoms with Crippen LogP contribution in [0.25, 0.3) is 71.3 Å². The van der Waals surface area contributed by atoms with Gasteiger partial charge in [-0.1, -0.05) is 116 Å². The van der Waals surface area contributed by atoms with Crippen molar-refractivity contribution in [3.05, 3.63) is 145 Å². The molecule has 0 aliphatic heterocycles. The summed E-state index contributed by atoms with van der Waals surface area (Å²) in [7, 11) is 0. The van der Waals surface area contributed by atoms with Gasteiger partial charge in [0.15, 0.2) is 0 Å². The second kappa shape index (κ2) is 9.46. The molecule has 41 heavy (non-hydrogen) atoms. The first-order valence-corrected chi connectivity index (χ1v) is 13.6. The topological polar surface area (TPSA) is 17.8 Å². The quantitative estimate of drug-likeness (QED) is 0.206. The lowest BCUT2D eigenvalue weighted by Gasteiger charge is -2.19. The van der Waals surface area contributed by atoms with E-state index in [-0.39, 0.29) is 45.7 Å². The largest absolute Gasteiger partial charge is 0.296 e. The van der Waals surface area contributed by atoms with E-state index in [1.807, 2.05) is 97.9 Å². The molecule has 1 heterocycles. The number of aryl methyl sites for hydroxylation is 1. The molecule has 2 nitrogen and oxygen atoms in total. The molecule has 0 radical (unpaired) electrons. The average Bonchev–Trinajstić information content (AvgIpc) is 3.52. The summed E-state index contributed by atoms with van der Waals surface area (Å²) < 4.78 is 73.9. The fourth-order valence-electron chi connectivity index (χ4n) is 5.95. The zero-order valence-electron chi connectivity index (χ0n) is 30.3. The normalized spacial score (nSPS) is 14.4. The zero-order chi connectivity index (χ0) is 34.3. The van der Waals surface area contributed by atoms with Crippen LogP contribution in [0, 0.1) is 0 Å². The van der Waals surface area contributed by atoms with Gasteiger partial charge in [0.2, 0.25) is 0 Å². The lowest BCUT2D eigenvalue weighted by Crippen LogP contribution is -2.00. The monoisotopic (exact) mass is 532 g/mol. The highest BCUT2D eigenvalue weighted by molar-refractivity contribution is 6.21. The molecule has 0 bridgehead atoms. The first kappa shape index (κ1) is 16.8. The van der Waals surface area contributed by atoms with Crippen molar-refractivity contribution in [1.29, 1.82) is 0 Å². The minimum absolute atomic E-state index is 0.190. The maximum absolute atomic E-state index is 9.27. The Hall–Kier alpha value is -5.21. The van der Waals surface area contributed by atoms with Crippen LogP contribution in [0.5, 0.6) is 0 Å². The molecular weight excluding hydrogens is 496 g/mol. The minimum atomic E-state index is -0.423. The Morgan fingerprint density at radius 1 is 0.610 bits per heavy atom. The molecule has 0 saturated heterocycles. The van der Waals surface area contributed by atoms with Gasteiger partial charge < -0.3 is 0 Å². The van der Waals surface area contributed by atoms with Crippen LogP contribution in [-0.2, 0) is 6.42 Å². The van der Waals surface area contributed by atoms with Crippen molar-refractivity contribution in [3.8, 4) is 27.9 Å². The predicted octanol–water partition coefficient (Wildman–Crippen LogP) is 10.4. The van der Waals surface area contributed by atoms with Crippen LogP contribution >= 0.6 is 0 Å². The summed E-state index contributed by atoms with van der Waals surface area (Å²) in [6.45, 7) is 2.03. The summed E-state index contributed by atoms with van der Waals surface area (Å²) in [5.41, 5.74) is 4.30. The molecule has 0 unspecified atom stereocenters. The number of para-hydroxylation sites is 2. The van der Waals surface area contributed by atoms with E-state index in [0.717, 1.165) is 33.3 Å². The molecule has 194 valence electrons. The number of fused-ring (bicyclic) bond motifs is 4. The van der Waals surface area contributed by atoms with Gasteiger partial charge in [-0.25, -0.2) is 4.98 Å². The predicted molar refractivity (Wildman–Crippen MR) is 174 cm³/mol. The molecule has 0 fully saturated rings. The third-order valence-corrected chi connectivity index (χ3v) is 7.75. The van der Waals surface area contributed by atoms with E-state index in [1.54, 1.807) is 0 Å². The van der Waals surface area contributed by atoms with Crippen molar-refractivity contribution in [2.24, 2.45) is 0 Å². The number of nitrogens with zero attached hydrogens (tertiary/aromatic N) is 2. The number of hydrogen-bond acceptors (Lipinski definition) is 1. The van der Waals surface area contributed by atoms with Crippen molar-refractivity contribution in [2.45, 2.75) is 13.3 Å². The molecule has 0 saturated carbocycles. The summed E-state index contributed by atoms with van der Waals surface area (Å²) >= 11 is 0. The first-order valence-electron chi connectivity index (χ1n) is 17.6. The standard InChI is InChI=1S/C39H28N2/c1-2-37-40-35-20-9-10-21-36(35)41(37)30-15-11-14-28(25-30)38-31-16-5-7-18-33(31)39(34-19-8-6-17-32(34)38)29-23-22-26-12-3-4-13-27(26)24-29/h3-25H,2H2,1H3/i5D,6D,7D,8D,16D,17D,18D,19D. The van der Waals surface area contributed by atoms with Crippen LogP contribution in [0.1, 0.15) is 23.7 Å². The Morgan fingerprint density at radius 2 is 1.22 bits per heavy atom. The maximum Gasteiger partial charge on any atom is 0.114 e.